The van der Waals surface area contributed by atoms with Gasteiger partial charge in [0.1, 0.15) is 12.6 Å². The zero-order valence-corrected chi connectivity index (χ0v) is 13.2. The third-order valence-corrected chi connectivity index (χ3v) is 3.09. The molecular weight excluding hydrogens is 302 g/mol. The quantitative estimate of drug-likeness (QED) is 0.579. The fraction of sp³-hybridized carbons (Fsp3) is 0.438. The molecule has 1 N–H and O–H groups in total. The second kappa shape index (κ2) is 10.2. The Bertz CT molecular complexity index is 517. The predicted molar refractivity (Wildman–Crippen MR) is 81.4 cm³/mol. The van der Waals surface area contributed by atoms with Gasteiger partial charge in [0.25, 0.3) is 0 Å². The van der Waals surface area contributed by atoms with Crippen LogP contribution in [0.5, 0.6) is 0 Å². The molecule has 23 heavy (non-hydrogen) atoms. The molecule has 0 aliphatic heterocycles. The van der Waals surface area contributed by atoms with E-state index in [1.807, 2.05) is 30.3 Å². The summed E-state index contributed by atoms with van der Waals surface area (Å²) in [5, 5.41) is 2.44. The number of benzene rings is 1. The molecule has 0 fully saturated rings. The summed E-state index contributed by atoms with van der Waals surface area (Å²) in [5.41, 5.74) is 0.836. The lowest BCUT2D eigenvalue weighted by Crippen LogP contribution is -2.41. The summed E-state index contributed by atoms with van der Waals surface area (Å²) in [6.45, 7) is 0.0999. The van der Waals surface area contributed by atoms with Crippen LogP contribution < -0.4 is 5.32 Å². The molecule has 1 aromatic rings. The largest absolute Gasteiger partial charge is 0.469 e. The lowest BCUT2D eigenvalue weighted by molar-refractivity contribution is -0.144. The maximum Gasteiger partial charge on any atom is 0.408 e. The number of alkyl carbamates (subject to hydrolysis) is 1. The highest BCUT2D eigenvalue weighted by Crippen LogP contribution is 2.06. The van der Waals surface area contributed by atoms with Crippen molar-refractivity contribution in [3.63, 3.8) is 0 Å². The van der Waals surface area contributed by atoms with Gasteiger partial charge in [0.15, 0.2) is 0 Å². The van der Waals surface area contributed by atoms with Gasteiger partial charge in [-0.3, -0.25) is 4.79 Å². The van der Waals surface area contributed by atoms with Crippen LogP contribution >= 0.6 is 0 Å². The van der Waals surface area contributed by atoms with E-state index in [0.717, 1.165) is 5.56 Å². The summed E-state index contributed by atoms with van der Waals surface area (Å²) in [6, 6.07) is 8.30. The van der Waals surface area contributed by atoms with Crippen molar-refractivity contribution in [2.45, 2.75) is 31.9 Å². The zero-order valence-electron chi connectivity index (χ0n) is 13.2. The van der Waals surface area contributed by atoms with E-state index in [9.17, 15) is 14.4 Å². The van der Waals surface area contributed by atoms with Gasteiger partial charge in [-0.2, -0.15) is 0 Å². The van der Waals surface area contributed by atoms with Gasteiger partial charge in [-0.25, -0.2) is 9.59 Å². The fourth-order valence-corrected chi connectivity index (χ4v) is 1.85. The molecule has 0 heterocycles. The van der Waals surface area contributed by atoms with Gasteiger partial charge in [0.05, 0.1) is 14.2 Å². The Kier molecular flexibility index (Phi) is 8.20. The van der Waals surface area contributed by atoms with Crippen LogP contribution in [0.4, 0.5) is 4.79 Å². The van der Waals surface area contributed by atoms with E-state index in [1.165, 1.54) is 14.2 Å². The van der Waals surface area contributed by atoms with Gasteiger partial charge in [-0.15, -0.1) is 0 Å². The Morgan fingerprint density at radius 3 is 2.39 bits per heavy atom. The molecule has 7 nitrogen and oxygen atoms in total. The maximum atomic E-state index is 11.8. The molecule has 0 aliphatic carbocycles. The first kappa shape index (κ1) is 18.5. The molecule has 1 rings (SSSR count). The number of amides is 1. The van der Waals surface area contributed by atoms with Crippen molar-refractivity contribution < 1.29 is 28.6 Å². The average Bonchev–Trinajstić information content (AvgIpc) is 2.59. The number of nitrogens with one attached hydrogen (secondary N) is 1. The van der Waals surface area contributed by atoms with Crippen LogP contribution in [-0.2, 0) is 30.4 Å². The molecule has 0 bridgehead atoms. The highest BCUT2D eigenvalue weighted by Gasteiger charge is 2.22. The van der Waals surface area contributed by atoms with Crippen molar-refractivity contribution in [3.8, 4) is 0 Å². The minimum absolute atomic E-state index is 0.0999. The normalized spacial score (nSPS) is 11.2. The van der Waals surface area contributed by atoms with Gasteiger partial charge in [-0.1, -0.05) is 30.3 Å². The van der Waals surface area contributed by atoms with Crippen LogP contribution in [0.2, 0.25) is 0 Å². The predicted octanol–water partition coefficient (Wildman–Crippen LogP) is 1.80. The summed E-state index contributed by atoms with van der Waals surface area (Å²) in [7, 11) is 2.52. The first-order valence-corrected chi connectivity index (χ1v) is 7.18. The summed E-state index contributed by atoms with van der Waals surface area (Å²) >= 11 is 0. The van der Waals surface area contributed by atoms with Crippen molar-refractivity contribution >= 4 is 18.0 Å². The minimum Gasteiger partial charge on any atom is -0.469 e. The maximum absolute atomic E-state index is 11.8. The molecule has 126 valence electrons. The van der Waals surface area contributed by atoms with Crippen molar-refractivity contribution in [2.75, 3.05) is 14.2 Å². The highest BCUT2D eigenvalue weighted by atomic mass is 16.6. The minimum atomic E-state index is -0.868. The van der Waals surface area contributed by atoms with E-state index in [1.54, 1.807) is 0 Å². The van der Waals surface area contributed by atoms with Crippen molar-refractivity contribution in [1.29, 1.82) is 0 Å². The molecule has 0 saturated heterocycles. The Balaban J connectivity index is 2.44. The van der Waals surface area contributed by atoms with E-state index < -0.39 is 18.1 Å². The smallest absolute Gasteiger partial charge is 0.408 e. The standard InChI is InChI=1S/C16H21NO6/c1-21-14(18)10-6-9-13(15(19)22-2)17-16(20)23-11-12-7-4-3-5-8-12/h3-5,7-8,13H,6,9-11H2,1-2H3,(H,17,20)/t13-/m0/s1. The van der Waals surface area contributed by atoms with E-state index in [0.29, 0.717) is 6.42 Å². The van der Waals surface area contributed by atoms with Gasteiger partial charge in [-0.05, 0) is 18.4 Å². The first-order valence-electron chi connectivity index (χ1n) is 7.18. The lowest BCUT2D eigenvalue weighted by Gasteiger charge is -2.16. The number of ether oxygens (including phenoxy) is 3. The molecular formula is C16H21NO6. The summed E-state index contributed by atoms with van der Waals surface area (Å²) in [6.07, 6.45) is 0.0700. The molecule has 0 aromatic heterocycles. The van der Waals surface area contributed by atoms with Gasteiger partial charge in [0.2, 0.25) is 0 Å². The van der Waals surface area contributed by atoms with Crippen LogP contribution in [0.3, 0.4) is 0 Å². The van der Waals surface area contributed by atoms with Gasteiger partial charge in [0, 0.05) is 6.42 Å². The number of carbonyl (C=O) groups excluding carboxylic acids is 3. The van der Waals surface area contributed by atoms with Crippen LogP contribution in [0.25, 0.3) is 0 Å². The third kappa shape index (κ3) is 7.30. The summed E-state index contributed by atoms with van der Waals surface area (Å²) < 4.78 is 14.2. The molecule has 0 aliphatic rings. The van der Waals surface area contributed by atoms with E-state index >= 15 is 0 Å². The molecule has 1 amide bonds. The molecule has 7 heteroatoms. The second-order valence-corrected chi connectivity index (χ2v) is 4.75. The topological polar surface area (TPSA) is 90.9 Å². The SMILES string of the molecule is COC(=O)CCC[C@H](NC(=O)OCc1ccccc1)C(=O)OC. The average molecular weight is 323 g/mol. The molecule has 1 atom stereocenters. The lowest BCUT2D eigenvalue weighted by atomic mass is 10.1. The molecule has 0 saturated carbocycles. The van der Waals surface area contributed by atoms with E-state index in [4.69, 9.17) is 4.74 Å². The van der Waals surface area contributed by atoms with Crippen LogP contribution in [0.1, 0.15) is 24.8 Å². The Morgan fingerprint density at radius 1 is 1.09 bits per heavy atom. The van der Waals surface area contributed by atoms with Crippen molar-refractivity contribution in [3.05, 3.63) is 35.9 Å². The van der Waals surface area contributed by atoms with Crippen LogP contribution in [0.15, 0.2) is 30.3 Å². The van der Waals surface area contributed by atoms with E-state index in [2.05, 4.69) is 14.8 Å². The highest BCUT2D eigenvalue weighted by molar-refractivity contribution is 5.81. The number of carbonyl (C=O) groups is 3. The molecule has 0 radical (unpaired) electrons. The fourth-order valence-electron chi connectivity index (χ4n) is 1.85. The molecule has 0 unspecified atom stereocenters. The van der Waals surface area contributed by atoms with Crippen molar-refractivity contribution in [1.82, 2.24) is 5.32 Å². The molecule has 0 spiro atoms. The first-order chi connectivity index (χ1) is 11.1. The number of methoxy groups -OCH3 is 2. The number of hydrogen-bond acceptors (Lipinski definition) is 6. The number of esters is 2. The Morgan fingerprint density at radius 2 is 1.78 bits per heavy atom. The van der Waals surface area contributed by atoms with Crippen LogP contribution in [-0.4, -0.2) is 38.3 Å². The summed E-state index contributed by atoms with van der Waals surface area (Å²) in [4.78, 5) is 34.5. The monoisotopic (exact) mass is 323 g/mol. The van der Waals surface area contributed by atoms with Crippen LogP contribution in [0, 0.1) is 0 Å². The Labute approximate surface area is 134 Å². The van der Waals surface area contributed by atoms with Gasteiger partial charge >= 0.3 is 18.0 Å². The van der Waals surface area contributed by atoms with E-state index in [-0.39, 0.29) is 25.4 Å². The van der Waals surface area contributed by atoms with Crippen molar-refractivity contribution in [2.24, 2.45) is 0 Å². The summed E-state index contributed by atoms with van der Waals surface area (Å²) in [5.74, 6) is -0.966. The molecule has 1 aromatic carbocycles. The second-order valence-electron chi connectivity index (χ2n) is 4.75. The number of rotatable bonds is 8. The Hall–Kier alpha value is -2.57. The van der Waals surface area contributed by atoms with Gasteiger partial charge < -0.3 is 19.5 Å². The number of hydrogen-bond donors (Lipinski definition) is 1. The zero-order chi connectivity index (χ0) is 17.1. The third-order valence-electron chi connectivity index (χ3n) is 3.09.